The minimum atomic E-state index is -2.39. The van der Waals surface area contributed by atoms with E-state index in [2.05, 4.69) is 0 Å². The van der Waals surface area contributed by atoms with E-state index in [9.17, 15) is 9.46 Å². The molecular formula is C10H17NaO6P+. The SMILES string of the molecule is CO[C@@H]1O[C@H](CC[P+](=O)[O-])[C@H]2OC(C)(C)O[C@@H]12.[Na+]. The van der Waals surface area contributed by atoms with E-state index in [-0.39, 0.29) is 54.0 Å². The maximum atomic E-state index is 10.6. The first-order chi connectivity index (χ1) is 7.93. The van der Waals surface area contributed by atoms with Crippen LogP contribution in [0.4, 0.5) is 0 Å². The minimum Gasteiger partial charge on any atom is -0.596 e. The summed E-state index contributed by atoms with van der Waals surface area (Å²) in [5.74, 6) is -0.673. The molecule has 0 aromatic heterocycles. The van der Waals surface area contributed by atoms with Crippen LogP contribution in [0.5, 0.6) is 0 Å². The largest absolute Gasteiger partial charge is 1.00 e. The third kappa shape index (κ3) is 3.72. The third-order valence-electron chi connectivity index (χ3n) is 2.94. The van der Waals surface area contributed by atoms with Crippen LogP contribution in [0.15, 0.2) is 0 Å². The normalized spacial score (nSPS) is 38.1. The molecule has 18 heavy (non-hydrogen) atoms. The molecule has 0 amide bonds. The van der Waals surface area contributed by atoms with E-state index in [4.69, 9.17) is 18.9 Å². The Morgan fingerprint density at radius 3 is 2.50 bits per heavy atom. The quantitative estimate of drug-likeness (QED) is 0.416. The zero-order valence-corrected chi connectivity index (χ0v) is 14.0. The van der Waals surface area contributed by atoms with Crippen molar-refractivity contribution in [2.24, 2.45) is 0 Å². The summed E-state index contributed by atoms with van der Waals surface area (Å²) in [6.07, 6.45) is -0.840. The van der Waals surface area contributed by atoms with Gasteiger partial charge < -0.3 is 23.8 Å². The molecule has 0 aromatic rings. The Labute approximate surface area is 129 Å². The van der Waals surface area contributed by atoms with Gasteiger partial charge in [-0.1, -0.05) is 4.57 Å². The first-order valence-corrected chi connectivity index (χ1v) is 6.95. The van der Waals surface area contributed by atoms with Gasteiger partial charge in [0.1, 0.15) is 18.4 Å². The summed E-state index contributed by atoms with van der Waals surface area (Å²) >= 11 is 0. The summed E-state index contributed by atoms with van der Waals surface area (Å²) in [5, 5.41) is 0. The Morgan fingerprint density at radius 1 is 1.33 bits per heavy atom. The Kier molecular flexibility index (Phi) is 6.19. The van der Waals surface area contributed by atoms with Crippen LogP contribution in [0, 0.1) is 0 Å². The van der Waals surface area contributed by atoms with Crippen molar-refractivity contribution in [3.63, 3.8) is 0 Å². The maximum absolute atomic E-state index is 10.6. The van der Waals surface area contributed by atoms with Gasteiger partial charge >= 0.3 is 37.6 Å². The molecule has 6 nitrogen and oxygen atoms in total. The summed E-state index contributed by atoms with van der Waals surface area (Å²) in [4.78, 5) is 10.6. The molecule has 8 heteroatoms. The number of ether oxygens (including phenoxy) is 4. The van der Waals surface area contributed by atoms with Crippen molar-refractivity contribution in [1.82, 2.24) is 0 Å². The Balaban J connectivity index is 0.00000162. The molecule has 5 atom stereocenters. The summed E-state index contributed by atoms with van der Waals surface area (Å²) in [6.45, 7) is 3.65. The van der Waals surface area contributed by atoms with Gasteiger partial charge in [0.15, 0.2) is 12.1 Å². The summed E-state index contributed by atoms with van der Waals surface area (Å²) in [6, 6.07) is 0. The predicted octanol–water partition coefficient (Wildman–Crippen LogP) is -2.63. The summed E-state index contributed by atoms with van der Waals surface area (Å²) < 4.78 is 32.8. The second-order valence-electron chi connectivity index (χ2n) is 4.69. The molecule has 0 aliphatic carbocycles. The Bertz CT molecular complexity index is 313. The predicted molar refractivity (Wildman–Crippen MR) is 56.6 cm³/mol. The number of hydrogen-bond donors (Lipinski definition) is 0. The number of hydrogen-bond acceptors (Lipinski definition) is 6. The molecule has 0 spiro atoms. The molecule has 0 saturated carbocycles. The van der Waals surface area contributed by atoms with Gasteiger partial charge in [0, 0.05) is 13.5 Å². The summed E-state index contributed by atoms with van der Waals surface area (Å²) in [5.41, 5.74) is 0. The van der Waals surface area contributed by atoms with Crippen molar-refractivity contribution in [3.8, 4) is 0 Å². The van der Waals surface area contributed by atoms with E-state index in [1.807, 2.05) is 13.8 Å². The van der Waals surface area contributed by atoms with Crippen LogP contribution >= 0.6 is 8.03 Å². The van der Waals surface area contributed by atoms with Gasteiger partial charge in [0.05, 0.1) is 6.10 Å². The van der Waals surface area contributed by atoms with E-state index >= 15 is 0 Å². The second kappa shape index (κ2) is 6.57. The maximum Gasteiger partial charge on any atom is 1.00 e. The summed E-state index contributed by atoms with van der Waals surface area (Å²) in [7, 11) is -0.860. The van der Waals surface area contributed by atoms with Crippen LogP contribution in [0.3, 0.4) is 0 Å². The van der Waals surface area contributed by atoms with Crippen LogP contribution in [0.25, 0.3) is 0 Å². The first-order valence-electron chi connectivity index (χ1n) is 5.58. The van der Waals surface area contributed by atoms with Crippen LogP contribution in [0.2, 0.25) is 0 Å². The van der Waals surface area contributed by atoms with Crippen molar-refractivity contribution in [2.45, 2.75) is 50.7 Å². The smallest absolute Gasteiger partial charge is 0.596 e. The number of methoxy groups -OCH3 is 1. The molecule has 2 rings (SSSR count). The fraction of sp³-hybridized carbons (Fsp3) is 1.00. The zero-order chi connectivity index (χ0) is 12.6. The van der Waals surface area contributed by atoms with Gasteiger partial charge in [0.2, 0.25) is 0 Å². The molecule has 0 bridgehead atoms. The standard InChI is InChI=1S/C10H17O6P.Na/c1-10(2)15-7-6(4-5-17(11)12)14-9(13-3)8(7)16-10;/h6-9H,4-5H2,1-3H3;/q;+1/t6-,7-,8-,9-;/m1./s1. The Hall–Kier alpha value is 0.900. The fourth-order valence-electron chi connectivity index (χ4n) is 2.30. The van der Waals surface area contributed by atoms with Crippen molar-refractivity contribution < 1.29 is 58.0 Å². The molecule has 2 fully saturated rings. The van der Waals surface area contributed by atoms with Crippen LogP contribution < -0.4 is 34.5 Å². The van der Waals surface area contributed by atoms with E-state index in [1.54, 1.807) is 0 Å². The minimum absolute atomic E-state index is 0. The molecular weight excluding hydrogens is 270 g/mol. The van der Waals surface area contributed by atoms with E-state index in [1.165, 1.54) is 7.11 Å². The molecule has 2 heterocycles. The second-order valence-corrected chi connectivity index (χ2v) is 5.80. The molecule has 2 saturated heterocycles. The van der Waals surface area contributed by atoms with Gasteiger partial charge in [-0.3, -0.25) is 0 Å². The van der Waals surface area contributed by atoms with Crippen molar-refractivity contribution >= 4 is 8.03 Å². The Morgan fingerprint density at radius 2 is 1.94 bits per heavy atom. The van der Waals surface area contributed by atoms with E-state index in [0.717, 1.165) is 0 Å². The van der Waals surface area contributed by atoms with Crippen LogP contribution in [-0.2, 0) is 23.5 Å². The van der Waals surface area contributed by atoms with Gasteiger partial charge in [0.25, 0.3) is 0 Å². The van der Waals surface area contributed by atoms with Gasteiger partial charge in [-0.25, -0.2) is 0 Å². The molecule has 2 aliphatic heterocycles. The molecule has 0 aromatic carbocycles. The number of fused-ring (bicyclic) bond motifs is 1. The van der Waals surface area contributed by atoms with E-state index < -0.39 is 20.1 Å². The van der Waals surface area contributed by atoms with Crippen molar-refractivity contribution in [2.75, 3.05) is 13.3 Å². The molecule has 2 aliphatic rings. The molecule has 1 unspecified atom stereocenters. The van der Waals surface area contributed by atoms with Crippen LogP contribution in [0.1, 0.15) is 20.3 Å². The van der Waals surface area contributed by atoms with E-state index in [0.29, 0.717) is 6.42 Å². The average molecular weight is 287 g/mol. The first kappa shape index (κ1) is 17.0. The number of rotatable bonds is 4. The van der Waals surface area contributed by atoms with Gasteiger partial charge in [-0.05, 0) is 13.8 Å². The topological polar surface area (TPSA) is 77.1 Å². The molecule has 98 valence electrons. The molecule has 0 radical (unpaired) electrons. The monoisotopic (exact) mass is 287 g/mol. The fourth-order valence-corrected chi connectivity index (χ4v) is 2.76. The third-order valence-corrected chi connectivity index (χ3v) is 3.56. The van der Waals surface area contributed by atoms with Crippen molar-refractivity contribution in [1.29, 1.82) is 0 Å². The average Bonchev–Trinajstić information content (AvgIpc) is 2.68. The molecule has 0 N–H and O–H groups in total. The van der Waals surface area contributed by atoms with Crippen molar-refractivity contribution in [3.05, 3.63) is 0 Å². The van der Waals surface area contributed by atoms with Crippen LogP contribution in [-0.4, -0.2) is 43.7 Å². The van der Waals surface area contributed by atoms with Gasteiger partial charge in [-0.15, -0.1) is 0 Å². The zero-order valence-electron chi connectivity index (χ0n) is 11.1. The van der Waals surface area contributed by atoms with Gasteiger partial charge in [-0.2, -0.15) is 0 Å².